The largest absolute Gasteiger partial charge is 0.338 e. The van der Waals surface area contributed by atoms with Gasteiger partial charge < -0.3 is 10.6 Å². The minimum absolute atomic E-state index is 0.0449. The first kappa shape index (κ1) is 21.0. The van der Waals surface area contributed by atoms with E-state index in [0.717, 1.165) is 42.6 Å². The predicted octanol–water partition coefficient (Wildman–Crippen LogP) is 2.69. The summed E-state index contributed by atoms with van der Waals surface area (Å²) in [5.41, 5.74) is 5.52. The number of rotatable bonds is 6. The van der Waals surface area contributed by atoms with Crippen LogP contribution in [0.5, 0.6) is 0 Å². The number of hydrogen-bond donors (Lipinski definition) is 4. The summed E-state index contributed by atoms with van der Waals surface area (Å²) in [4.78, 5) is 36.2. The second-order valence-corrected chi connectivity index (χ2v) is 9.66. The van der Waals surface area contributed by atoms with Crippen molar-refractivity contribution >= 4 is 29.4 Å². The van der Waals surface area contributed by atoms with E-state index in [1.165, 1.54) is 19.3 Å². The molecule has 0 atom stereocenters. The lowest BCUT2D eigenvalue weighted by molar-refractivity contribution is -0.128. The number of halogens is 1. The van der Waals surface area contributed by atoms with E-state index in [4.69, 9.17) is 11.6 Å². The molecule has 4 fully saturated rings. The van der Waals surface area contributed by atoms with E-state index < -0.39 is 0 Å². The van der Waals surface area contributed by atoms with Gasteiger partial charge in [-0.3, -0.25) is 20.4 Å². The highest BCUT2D eigenvalue weighted by Gasteiger charge is 2.51. The number of urea groups is 1. The normalized spacial score (nSPS) is 28.6. The van der Waals surface area contributed by atoms with Crippen molar-refractivity contribution in [2.75, 3.05) is 6.54 Å². The standard InChI is InChI=1S/C22H29ClN4O3/c23-18-3-1-14(2-4-18)10-20(29)27-26-19(28)5-6-24-21(30)25-22-11-15-7-16(12-22)9-17(8-15)13-22/h1-4,15-17H,5-13H2,(H,26,28)(H,27,29)(H2,24,25,30). The number of benzene rings is 1. The second-order valence-electron chi connectivity index (χ2n) is 9.23. The summed E-state index contributed by atoms with van der Waals surface area (Å²) in [6, 6.07) is 6.74. The van der Waals surface area contributed by atoms with Gasteiger partial charge in [0.25, 0.3) is 0 Å². The van der Waals surface area contributed by atoms with Gasteiger partial charge in [-0.05, 0) is 74.0 Å². The van der Waals surface area contributed by atoms with Crippen LogP contribution in [-0.2, 0) is 16.0 Å². The lowest BCUT2D eigenvalue weighted by Crippen LogP contribution is -2.61. The summed E-state index contributed by atoms with van der Waals surface area (Å²) < 4.78 is 0. The zero-order chi connectivity index (χ0) is 21.1. The molecule has 0 radical (unpaired) electrons. The van der Waals surface area contributed by atoms with Crippen LogP contribution in [0.3, 0.4) is 0 Å². The summed E-state index contributed by atoms with van der Waals surface area (Å²) in [6.45, 7) is 0.219. The summed E-state index contributed by atoms with van der Waals surface area (Å²) in [5.74, 6) is 1.61. The molecule has 7 nitrogen and oxygen atoms in total. The highest BCUT2D eigenvalue weighted by molar-refractivity contribution is 6.30. The van der Waals surface area contributed by atoms with Crippen LogP contribution in [0, 0.1) is 17.8 Å². The Kier molecular flexibility index (Phi) is 6.18. The highest BCUT2D eigenvalue weighted by Crippen LogP contribution is 2.55. The molecule has 0 spiro atoms. The first-order valence-electron chi connectivity index (χ1n) is 10.8. The Labute approximate surface area is 181 Å². The Morgan fingerprint density at radius 1 is 0.900 bits per heavy atom. The molecule has 8 heteroatoms. The molecule has 4 bridgehead atoms. The van der Waals surface area contributed by atoms with Crippen LogP contribution < -0.4 is 21.5 Å². The fourth-order valence-corrected chi connectivity index (χ4v) is 6.00. The molecule has 0 saturated heterocycles. The molecule has 1 aromatic rings. The van der Waals surface area contributed by atoms with Gasteiger partial charge in [0.05, 0.1) is 6.42 Å². The van der Waals surface area contributed by atoms with Gasteiger partial charge in [-0.15, -0.1) is 0 Å². The Morgan fingerprint density at radius 3 is 2.07 bits per heavy atom. The van der Waals surface area contributed by atoms with Gasteiger partial charge in [-0.2, -0.15) is 0 Å². The molecule has 30 heavy (non-hydrogen) atoms. The van der Waals surface area contributed by atoms with Crippen molar-refractivity contribution in [3.05, 3.63) is 34.9 Å². The maximum absolute atomic E-state index is 12.4. The molecule has 162 valence electrons. The molecular weight excluding hydrogens is 404 g/mol. The Hall–Kier alpha value is -2.28. The number of hydrazine groups is 1. The Balaban J connectivity index is 1.12. The molecule has 0 aromatic heterocycles. The number of carbonyl (C=O) groups is 3. The molecule has 1 aromatic carbocycles. The number of carbonyl (C=O) groups excluding carboxylic acids is 3. The van der Waals surface area contributed by atoms with Crippen molar-refractivity contribution in [2.45, 2.75) is 56.9 Å². The second kappa shape index (κ2) is 8.84. The van der Waals surface area contributed by atoms with Gasteiger partial charge in [0.15, 0.2) is 0 Å². The van der Waals surface area contributed by atoms with E-state index in [0.29, 0.717) is 5.02 Å². The minimum atomic E-state index is -0.352. The average Bonchev–Trinajstić information content (AvgIpc) is 2.67. The average molecular weight is 433 g/mol. The maximum atomic E-state index is 12.4. The third kappa shape index (κ3) is 5.25. The topological polar surface area (TPSA) is 99.3 Å². The van der Waals surface area contributed by atoms with Gasteiger partial charge >= 0.3 is 6.03 Å². The molecule has 4 amide bonds. The summed E-state index contributed by atoms with van der Waals surface area (Å²) >= 11 is 5.82. The monoisotopic (exact) mass is 432 g/mol. The smallest absolute Gasteiger partial charge is 0.315 e. The van der Waals surface area contributed by atoms with E-state index in [9.17, 15) is 14.4 Å². The van der Waals surface area contributed by atoms with Gasteiger partial charge in [-0.1, -0.05) is 23.7 Å². The third-order valence-electron chi connectivity index (χ3n) is 6.67. The van der Waals surface area contributed by atoms with Crippen molar-refractivity contribution in [3.63, 3.8) is 0 Å². The van der Waals surface area contributed by atoms with E-state index >= 15 is 0 Å². The van der Waals surface area contributed by atoms with Crippen molar-refractivity contribution in [1.29, 1.82) is 0 Å². The van der Waals surface area contributed by atoms with Gasteiger partial charge in [0, 0.05) is 23.5 Å². The molecular formula is C22H29ClN4O3. The lowest BCUT2D eigenvalue weighted by Gasteiger charge is -2.56. The van der Waals surface area contributed by atoms with Crippen molar-refractivity contribution in [2.24, 2.45) is 17.8 Å². The molecule has 4 aliphatic rings. The van der Waals surface area contributed by atoms with Crippen molar-refractivity contribution in [3.8, 4) is 0 Å². The van der Waals surface area contributed by atoms with Gasteiger partial charge in [-0.25, -0.2) is 4.79 Å². The molecule has 0 aliphatic heterocycles. The number of hydrogen-bond acceptors (Lipinski definition) is 3. The van der Waals surface area contributed by atoms with Crippen LogP contribution in [0.4, 0.5) is 4.79 Å². The van der Waals surface area contributed by atoms with Crippen LogP contribution in [0.25, 0.3) is 0 Å². The van der Waals surface area contributed by atoms with E-state index in [1.807, 2.05) is 0 Å². The summed E-state index contributed by atoms with van der Waals surface area (Å²) in [5, 5.41) is 6.61. The summed E-state index contributed by atoms with van der Waals surface area (Å²) in [6.07, 6.45) is 7.48. The van der Waals surface area contributed by atoms with E-state index in [-0.39, 0.29) is 42.8 Å². The number of amides is 4. The fourth-order valence-electron chi connectivity index (χ4n) is 5.87. The molecule has 4 saturated carbocycles. The minimum Gasteiger partial charge on any atom is -0.338 e. The zero-order valence-corrected chi connectivity index (χ0v) is 17.8. The quantitative estimate of drug-likeness (QED) is 0.520. The van der Waals surface area contributed by atoms with Crippen LogP contribution in [0.1, 0.15) is 50.5 Å². The molecule has 5 rings (SSSR count). The first-order chi connectivity index (χ1) is 14.4. The third-order valence-corrected chi connectivity index (χ3v) is 6.93. The first-order valence-corrected chi connectivity index (χ1v) is 11.1. The van der Waals surface area contributed by atoms with E-state index in [1.54, 1.807) is 24.3 Å². The van der Waals surface area contributed by atoms with Gasteiger partial charge in [0.1, 0.15) is 0 Å². The zero-order valence-electron chi connectivity index (χ0n) is 17.0. The Bertz CT molecular complexity index is 776. The van der Waals surface area contributed by atoms with Gasteiger partial charge in [0.2, 0.25) is 11.8 Å². The summed E-state index contributed by atoms with van der Waals surface area (Å²) in [7, 11) is 0. The highest BCUT2D eigenvalue weighted by atomic mass is 35.5. The van der Waals surface area contributed by atoms with Crippen molar-refractivity contribution < 1.29 is 14.4 Å². The number of nitrogens with one attached hydrogen (secondary N) is 4. The SMILES string of the molecule is O=C(CCNC(=O)NC12CC3CC(CC(C3)C1)C2)NNC(=O)Cc1ccc(Cl)cc1. The molecule has 4 N–H and O–H groups in total. The molecule has 0 unspecified atom stereocenters. The Morgan fingerprint density at radius 2 is 1.47 bits per heavy atom. The van der Waals surface area contributed by atoms with E-state index in [2.05, 4.69) is 21.5 Å². The fraction of sp³-hybridized carbons (Fsp3) is 0.591. The lowest BCUT2D eigenvalue weighted by atomic mass is 9.53. The van der Waals surface area contributed by atoms with Crippen LogP contribution >= 0.6 is 11.6 Å². The molecule has 4 aliphatic carbocycles. The van der Waals surface area contributed by atoms with Crippen LogP contribution in [-0.4, -0.2) is 29.9 Å². The van der Waals surface area contributed by atoms with Crippen molar-refractivity contribution in [1.82, 2.24) is 21.5 Å². The van der Waals surface area contributed by atoms with Crippen LogP contribution in [0.2, 0.25) is 5.02 Å². The maximum Gasteiger partial charge on any atom is 0.315 e. The predicted molar refractivity (Wildman–Crippen MR) is 113 cm³/mol. The molecule has 0 heterocycles. The van der Waals surface area contributed by atoms with Crippen LogP contribution in [0.15, 0.2) is 24.3 Å².